The summed E-state index contributed by atoms with van der Waals surface area (Å²) < 4.78 is 1.71. The van der Waals surface area contributed by atoms with E-state index in [0.717, 1.165) is 35.3 Å². The Bertz CT molecular complexity index is 815. The highest BCUT2D eigenvalue weighted by atomic mass is 16.1. The normalized spacial score (nSPS) is 10.6. The standard InChI is InChI=1S/C20H21N3O/c1-3-15-9-8-10-16(4-2)19(15)22-20(24)17-13-21-23(14-17)18-11-6-5-7-12-18/h5-14H,3-4H2,1-2H3,(H,22,24). The molecular weight excluding hydrogens is 298 g/mol. The zero-order valence-electron chi connectivity index (χ0n) is 14.0. The Morgan fingerprint density at radius 3 is 2.29 bits per heavy atom. The topological polar surface area (TPSA) is 46.9 Å². The minimum absolute atomic E-state index is 0.132. The smallest absolute Gasteiger partial charge is 0.258 e. The van der Waals surface area contributed by atoms with Gasteiger partial charge in [0.2, 0.25) is 0 Å². The number of rotatable bonds is 5. The molecule has 1 N–H and O–H groups in total. The van der Waals surface area contributed by atoms with E-state index in [1.165, 1.54) is 0 Å². The van der Waals surface area contributed by atoms with Gasteiger partial charge in [0.25, 0.3) is 5.91 Å². The van der Waals surface area contributed by atoms with Crippen LogP contribution in [0.1, 0.15) is 35.3 Å². The van der Waals surface area contributed by atoms with Gasteiger partial charge >= 0.3 is 0 Å². The third-order valence-corrected chi connectivity index (χ3v) is 4.10. The van der Waals surface area contributed by atoms with E-state index in [-0.39, 0.29) is 5.91 Å². The summed E-state index contributed by atoms with van der Waals surface area (Å²) in [5.74, 6) is -0.132. The van der Waals surface area contributed by atoms with Crippen LogP contribution in [0.4, 0.5) is 5.69 Å². The Balaban J connectivity index is 1.85. The molecule has 0 fully saturated rings. The van der Waals surface area contributed by atoms with Crippen LogP contribution < -0.4 is 5.32 Å². The summed E-state index contributed by atoms with van der Waals surface area (Å²) in [6.07, 6.45) is 5.12. The van der Waals surface area contributed by atoms with Crippen LogP contribution in [-0.2, 0) is 12.8 Å². The van der Waals surface area contributed by atoms with Crippen LogP contribution in [-0.4, -0.2) is 15.7 Å². The van der Waals surface area contributed by atoms with Gasteiger partial charge in [0, 0.05) is 11.9 Å². The molecule has 1 aromatic heterocycles. The number of aromatic nitrogens is 2. The molecule has 0 aliphatic heterocycles. The van der Waals surface area contributed by atoms with Crippen LogP contribution in [0.2, 0.25) is 0 Å². The van der Waals surface area contributed by atoms with E-state index in [1.54, 1.807) is 17.1 Å². The maximum absolute atomic E-state index is 12.6. The highest BCUT2D eigenvalue weighted by Gasteiger charge is 2.13. The zero-order chi connectivity index (χ0) is 16.9. The third kappa shape index (κ3) is 3.23. The Labute approximate surface area is 142 Å². The second-order valence-electron chi connectivity index (χ2n) is 5.62. The summed E-state index contributed by atoms with van der Waals surface area (Å²) in [5.41, 5.74) is 4.71. The number of nitrogens with one attached hydrogen (secondary N) is 1. The monoisotopic (exact) mass is 319 g/mol. The number of anilines is 1. The van der Waals surface area contributed by atoms with Crippen molar-refractivity contribution in [2.75, 3.05) is 5.32 Å². The van der Waals surface area contributed by atoms with Crippen molar-refractivity contribution < 1.29 is 4.79 Å². The summed E-state index contributed by atoms with van der Waals surface area (Å²) in [4.78, 5) is 12.6. The van der Waals surface area contributed by atoms with E-state index < -0.39 is 0 Å². The first-order valence-corrected chi connectivity index (χ1v) is 8.25. The molecule has 3 rings (SSSR count). The Morgan fingerprint density at radius 2 is 1.67 bits per heavy atom. The summed E-state index contributed by atoms with van der Waals surface area (Å²) >= 11 is 0. The Hall–Kier alpha value is -2.88. The Kier molecular flexibility index (Phi) is 4.75. The average molecular weight is 319 g/mol. The molecule has 0 aliphatic carbocycles. The molecule has 0 aliphatic rings. The predicted molar refractivity (Wildman–Crippen MR) is 96.7 cm³/mol. The number of amides is 1. The van der Waals surface area contributed by atoms with Gasteiger partial charge in [0.15, 0.2) is 0 Å². The first-order valence-electron chi connectivity index (χ1n) is 8.25. The van der Waals surface area contributed by atoms with Gasteiger partial charge in [-0.1, -0.05) is 50.2 Å². The molecule has 1 heterocycles. The van der Waals surface area contributed by atoms with E-state index in [1.807, 2.05) is 36.4 Å². The minimum atomic E-state index is -0.132. The molecule has 0 unspecified atom stereocenters. The molecular formula is C20H21N3O. The predicted octanol–water partition coefficient (Wildman–Crippen LogP) is 4.25. The molecule has 0 saturated carbocycles. The SMILES string of the molecule is CCc1cccc(CC)c1NC(=O)c1cnn(-c2ccccc2)c1. The van der Waals surface area contributed by atoms with Gasteiger partial charge in [-0.3, -0.25) is 4.79 Å². The van der Waals surface area contributed by atoms with Crippen LogP contribution in [0.3, 0.4) is 0 Å². The maximum Gasteiger partial charge on any atom is 0.258 e. The molecule has 2 aromatic carbocycles. The number of nitrogens with zero attached hydrogens (tertiary/aromatic N) is 2. The lowest BCUT2D eigenvalue weighted by Gasteiger charge is -2.13. The molecule has 1 amide bonds. The van der Waals surface area contributed by atoms with Gasteiger partial charge in [-0.2, -0.15) is 5.10 Å². The number of benzene rings is 2. The van der Waals surface area contributed by atoms with Crippen molar-refractivity contribution in [1.82, 2.24) is 9.78 Å². The van der Waals surface area contributed by atoms with E-state index >= 15 is 0 Å². The number of hydrogen-bond donors (Lipinski definition) is 1. The molecule has 0 saturated heterocycles. The number of carbonyl (C=O) groups excluding carboxylic acids is 1. The fourth-order valence-electron chi connectivity index (χ4n) is 2.75. The quantitative estimate of drug-likeness (QED) is 0.764. The molecule has 4 nitrogen and oxygen atoms in total. The van der Waals surface area contributed by atoms with E-state index in [0.29, 0.717) is 5.56 Å². The Morgan fingerprint density at radius 1 is 1.00 bits per heavy atom. The highest BCUT2D eigenvalue weighted by molar-refractivity contribution is 6.04. The number of hydrogen-bond acceptors (Lipinski definition) is 2. The van der Waals surface area contributed by atoms with E-state index in [9.17, 15) is 4.79 Å². The van der Waals surface area contributed by atoms with Gasteiger partial charge in [-0.15, -0.1) is 0 Å². The van der Waals surface area contributed by atoms with Gasteiger partial charge in [0.05, 0.1) is 17.4 Å². The van der Waals surface area contributed by atoms with Crippen molar-refractivity contribution in [3.05, 3.63) is 77.6 Å². The lowest BCUT2D eigenvalue weighted by Crippen LogP contribution is -2.14. The first-order chi connectivity index (χ1) is 11.7. The molecule has 122 valence electrons. The molecule has 0 atom stereocenters. The largest absolute Gasteiger partial charge is 0.321 e. The maximum atomic E-state index is 12.6. The molecule has 24 heavy (non-hydrogen) atoms. The molecule has 4 heteroatoms. The van der Waals surface area contributed by atoms with Crippen LogP contribution >= 0.6 is 0 Å². The minimum Gasteiger partial charge on any atom is -0.321 e. The molecule has 0 bridgehead atoms. The summed E-state index contributed by atoms with van der Waals surface area (Å²) in [5, 5.41) is 7.36. The first kappa shape index (κ1) is 16.0. The van der Waals surface area contributed by atoms with Crippen LogP contribution in [0.15, 0.2) is 60.9 Å². The van der Waals surface area contributed by atoms with E-state index in [4.69, 9.17) is 0 Å². The number of para-hydroxylation sites is 2. The fourth-order valence-corrected chi connectivity index (χ4v) is 2.75. The second kappa shape index (κ2) is 7.13. The van der Waals surface area contributed by atoms with Gasteiger partial charge < -0.3 is 5.32 Å². The molecule has 0 spiro atoms. The highest BCUT2D eigenvalue weighted by Crippen LogP contribution is 2.23. The summed E-state index contributed by atoms with van der Waals surface area (Å²) in [6, 6.07) is 15.9. The van der Waals surface area contributed by atoms with Crippen molar-refractivity contribution >= 4 is 11.6 Å². The van der Waals surface area contributed by atoms with Crippen LogP contribution in [0.5, 0.6) is 0 Å². The molecule has 3 aromatic rings. The van der Waals surface area contributed by atoms with Crippen LogP contribution in [0, 0.1) is 0 Å². The summed E-state index contributed by atoms with van der Waals surface area (Å²) in [6.45, 7) is 4.19. The fraction of sp³-hybridized carbons (Fsp3) is 0.200. The van der Waals surface area contributed by atoms with Crippen molar-refractivity contribution in [3.8, 4) is 5.69 Å². The number of aryl methyl sites for hydroxylation is 2. The van der Waals surface area contributed by atoms with Crippen molar-refractivity contribution in [1.29, 1.82) is 0 Å². The van der Waals surface area contributed by atoms with Crippen molar-refractivity contribution in [2.24, 2.45) is 0 Å². The molecule has 0 radical (unpaired) electrons. The third-order valence-electron chi connectivity index (χ3n) is 4.10. The lowest BCUT2D eigenvalue weighted by atomic mass is 10.0. The average Bonchev–Trinajstić information content (AvgIpc) is 3.13. The van der Waals surface area contributed by atoms with Crippen LogP contribution in [0.25, 0.3) is 5.69 Å². The lowest BCUT2D eigenvalue weighted by molar-refractivity contribution is 0.102. The van der Waals surface area contributed by atoms with Crippen molar-refractivity contribution in [3.63, 3.8) is 0 Å². The van der Waals surface area contributed by atoms with Crippen molar-refractivity contribution in [2.45, 2.75) is 26.7 Å². The number of carbonyl (C=O) groups is 1. The van der Waals surface area contributed by atoms with E-state index in [2.05, 4.69) is 36.4 Å². The second-order valence-corrected chi connectivity index (χ2v) is 5.62. The van der Waals surface area contributed by atoms with Gasteiger partial charge in [-0.05, 0) is 36.1 Å². The van der Waals surface area contributed by atoms with Gasteiger partial charge in [0.1, 0.15) is 0 Å². The van der Waals surface area contributed by atoms with Gasteiger partial charge in [-0.25, -0.2) is 4.68 Å². The summed E-state index contributed by atoms with van der Waals surface area (Å²) in [7, 11) is 0. The zero-order valence-corrected chi connectivity index (χ0v) is 14.0.